The fourth-order valence-electron chi connectivity index (χ4n) is 2.87. The van der Waals surface area contributed by atoms with Crippen LogP contribution in [-0.2, 0) is 18.1 Å². The fraction of sp³-hybridized carbons (Fsp3) is 0.615. The zero-order valence-corrected chi connectivity index (χ0v) is 14.6. The summed E-state index contributed by atoms with van der Waals surface area (Å²) in [5.41, 5.74) is 0.0431. The first-order valence-corrected chi connectivity index (χ1v) is 8.89. The van der Waals surface area contributed by atoms with E-state index in [-0.39, 0.29) is 11.9 Å². The van der Waals surface area contributed by atoms with Crippen molar-refractivity contribution in [2.45, 2.75) is 25.5 Å². The molecule has 1 aliphatic carbocycles. The van der Waals surface area contributed by atoms with Gasteiger partial charge in [0.25, 0.3) is 5.56 Å². The Labute approximate surface area is 140 Å². The molecule has 0 aliphatic heterocycles. The normalized spacial score (nSPS) is 22.3. The molecule has 2 heterocycles. The average Bonchev–Trinajstić information content (AvgIpc) is 3.28. The highest BCUT2D eigenvalue weighted by Crippen LogP contribution is 2.61. The number of alkyl halides is 2. The maximum absolute atomic E-state index is 14.3. The van der Waals surface area contributed by atoms with Gasteiger partial charge in [-0.3, -0.25) is 13.8 Å². The molecule has 2 aromatic rings. The van der Waals surface area contributed by atoms with E-state index >= 15 is 0 Å². The zero-order chi connectivity index (χ0) is 18.4. The molecule has 1 aliphatic rings. The molecule has 0 bridgehead atoms. The first kappa shape index (κ1) is 18.1. The van der Waals surface area contributed by atoms with E-state index in [0.717, 1.165) is 14.2 Å². The van der Waals surface area contributed by atoms with Crippen LogP contribution in [0.2, 0.25) is 0 Å². The minimum atomic E-state index is -4.31. The lowest BCUT2D eigenvalue weighted by atomic mass is 10.1. The summed E-state index contributed by atoms with van der Waals surface area (Å²) in [5, 5.41) is 0. The molecular weight excluding hydrogens is 361 g/mol. The van der Waals surface area contributed by atoms with Gasteiger partial charge in [-0.15, -0.1) is 0 Å². The first-order valence-electron chi connectivity index (χ1n) is 7.42. The van der Waals surface area contributed by atoms with Crippen LogP contribution in [0, 0.1) is 11.8 Å². The van der Waals surface area contributed by atoms with Gasteiger partial charge in [-0.2, -0.15) is 8.78 Å². The number of rotatable bonds is 7. The molecule has 1 N–H and O–H groups in total. The molecule has 9 nitrogen and oxygen atoms in total. The highest BCUT2D eigenvalue weighted by molar-refractivity contribution is 7.48. The number of hydrogen-bond acceptors (Lipinski definition) is 7. The molecule has 0 unspecified atom stereocenters. The molecule has 0 amide bonds. The molecule has 3 rings (SSSR count). The standard InChI is InChI=1S/C13H17F2N4O5P/c1-7(19-6-18-10-11(19)16-5-17-12(10)20)8-4-9(8)13(14,15)24-25(21,22-2)23-3/h5-9H,4H2,1-3H3,(H,16,17,20)/t7-,8+,9-/m0/s1. The van der Waals surface area contributed by atoms with Gasteiger partial charge >= 0.3 is 13.9 Å². The van der Waals surface area contributed by atoms with Gasteiger partial charge in [-0.1, -0.05) is 0 Å². The van der Waals surface area contributed by atoms with Gasteiger partial charge in [-0.25, -0.2) is 19.1 Å². The quantitative estimate of drug-likeness (QED) is 0.737. The van der Waals surface area contributed by atoms with Crippen LogP contribution in [-0.4, -0.2) is 39.8 Å². The number of hydrogen-bond donors (Lipinski definition) is 1. The molecule has 1 fully saturated rings. The third-order valence-electron chi connectivity index (χ3n) is 4.38. The molecule has 1 saturated carbocycles. The Hall–Kier alpha value is -1.68. The molecule has 3 atom stereocenters. The van der Waals surface area contributed by atoms with E-state index in [2.05, 4.69) is 28.5 Å². The summed E-state index contributed by atoms with van der Waals surface area (Å²) in [5.74, 6) is -1.64. The number of halogens is 2. The van der Waals surface area contributed by atoms with E-state index in [1.807, 2.05) is 0 Å². The smallest absolute Gasteiger partial charge is 0.312 e. The van der Waals surface area contributed by atoms with Gasteiger partial charge in [0.2, 0.25) is 0 Å². The molecule has 0 saturated heterocycles. The lowest BCUT2D eigenvalue weighted by Gasteiger charge is -2.22. The van der Waals surface area contributed by atoms with Crippen molar-refractivity contribution >= 4 is 19.0 Å². The maximum Gasteiger partial charge on any atom is 0.479 e. The van der Waals surface area contributed by atoms with E-state index in [9.17, 15) is 18.1 Å². The van der Waals surface area contributed by atoms with E-state index in [0.29, 0.717) is 5.65 Å². The lowest BCUT2D eigenvalue weighted by Crippen LogP contribution is -2.25. The van der Waals surface area contributed by atoms with Gasteiger partial charge < -0.3 is 9.55 Å². The van der Waals surface area contributed by atoms with Crippen molar-refractivity contribution < 1.29 is 26.9 Å². The third kappa shape index (κ3) is 3.24. The predicted octanol–water partition coefficient (Wildman–Crippen LogP) is 2.33. The van der Waals surface area contributed by atoms with Crippen molar-refractivity contribution in [1.29, 1.82) is 0 Å². The number of aromatic nitrogens is 4. The van der Waals surface area contributed by atoms with Crippen LogP contribution < -0.4 is 5.56 Å². The Bertz CT molecular complexity index is 877. The lowest BCUT2D eigenvalue weighted by molar-refractivity contribution is -0.207. The van der Waals surface area contributed by atoms with Crippen molar-refractivity contribution in [2.75, 3.05) is 14.2 Å². The number of phosphoric acid groups is 1. The Morgan fingerprint density at radius 1 is 1.40 bits per heavy atom. The number of fused-ring (bicyclic) bond motifs is 1. The van der Waals surface area contributed by atoms with Crippen LogP contribution in [0.3, 0.4) is 0 Å². The van der Waals surface area contributed by atoms with Crippen molar-refractivity contribution in [1.82, 2.24) is 19.5 Å². The van der Waals surface area contributed by atoms with E-state index in [4.69, 9.17) is 0 Å². The van der Waals surface area contributed by atoms with Crippen molar-refractivity contribution in [3.8, 4) is 0 Å². The predicted molar refractivity (Wildman–Crippen MR) is 82.1 cm³/mol. The van der Waals surface area contributed by atoms with Crippen LogP contribution in [0.5, 0.6) is 0 Å². The molecule has 0 spiro atoms. The second-order valence-corrected chi connectivity index (χ2v) is 7.58. The minimum absolute atomic E-state index is 0.137. The minimum Gasteiger partial charge on any atom is -0.312 e. The highest BCUT2D eigenvalue weighted by Gasteiger charge is 2.61. The highest BCUT2D eigenvalue weighted by atomic mass is 31.2. The maximum atomic E-state index is 14.3. The van der Waals surface area contributed by atoms with E-state index < -0.39 is 37.4 Å². The number of nitrogens with zero attached hydrogens (tertiary/aromatic N) is 3. The summed E-state index contributed by atoms with van der Waals surface area (Å²) in [6.45, 7) is 1.72. The number of H-pyrrole nitrogens is 1. The molecule has 12 heteroatoms. The summed E-state index contributed by atoms with van der Waals surface area (Å²) in [6, 6.07) is -0.414. The number of imidazole rings is 1. The topological polar surface area (TPSA) is 108 Å². The first-order chi connectivity index (χ1) is 11.7. The molecule has 0 aromatic carbocycles. The molecule has 25 heavy (non-hydrogen) atoms. The molecule has 138 valence electrons. The Morgan fingerprint density at radius 3 is 2.72 bits per heavy atom. The summed E-state index contributed by atoms with van der Waals surface area (Å²) in [7, 11) is -2.37. The summed E-state index contributed by atoms with van der Waals surface area (Å²) in [4.78, 5) is 22.1. The second kappa shape index (κ2) is 6.24. The van der Waals surface area contributed by atoms with E-state index in [1.54, 1.807) is 11.5 Å². The molecule has 0 radical (unpaired) electrons. The zero-order valence-electron chi connectivity index (χ0n) is 13.7. The van der Waals surface area contributed by atoms with Crippen molar-refractivity contribution in [3.05, 3.63) is 23.0 Å². The molecule has 2 aromatic heterocycles. The molecular formula is C13H17F2N4O5P. The third-order valence-corrected chi connectivity index (χ3v) is 5.74. The largest absolute Gasteiger partial charge is 0.479 e. The summed E-state index contributed by atoms with van der Waals surface area (Å²) >= 11 is 0. The summed E-state index contributed by atoms with van der Waals surface area (Å²) in [6.07, 6.45) is -0.918. The average molecular weight is 378 g/mol. The van der Waals surface area contributed by atoms with Crippen LogP contribution in [0.1, 0.15) is 19.4 Å². The summed E-state index contributed by atoms with van der Waals surface area (Å²) < 4.78 is 55.0. The van der Waals surface area contributed by atoms with E-state index in [1.165, 1.54) is 12.7 Å². The van der Waals surface area contributed by atoms with Crippen LogP contribution in [0.25, 0.3) is 11.2 Å². The van der Waals surface area contributed by atoms with Gasteiger partial charge in [0.05, 0.1) is 18.6 Å². The van der Waals surface area contributed by atoms with Crippen LogP contribution in [0.4, 0.5) is 8.78 Å². The fourth-order valence-corrected chi connectivity index (χ4v) is 3.60. The van der Waals surface area contributed by atoms with Crippen LogP contribution >= 0.6 is 7.82 Å². The second-order valence-electron chi connectivity index (χ2n) is 5.77. The van der Waals surface area contributed by atoms with Crippen molar-refractivity contribution in [3.63, 3.8) is 0 Å². The van der Waals surface area contributed by atoms with Gasteiger partial charge in [0, 0.05) is 20.3 Å². The Balaban J connectivity index is 1.79. The van der Waals surface area contributed by atoms with Crippen molar-refractivity contribution in [2.24, 2.45) is 11.8 Å². The Morgan fingerprint density at radius 2 is 2.08 bits per heavy atom. The van der Waals surface area contributed by atoms with Gasteiger partial charge in [0.1, 0.15) is 0 Å². The monoisotopic (exact) mass is 378 g/mol. The number of phosphoric ester groups is 1. The van der Waals surface area contributed by atoms with Gasteiger partial charge in [-0.05, 0) is 19.3 Å². The van der Waals surface area contributed by atoms with Gasteiger partial charge in [0.15, 0.2) is 11.2 Å². The number of aromatic amines is 1. The SMILES string of the molecule is COP(=O)(OC)OC(F)(F)[C@H]1C[C@@H]1[C@H](C)n1cnc2c(=O)[nH]cnc21. The van der Waals surface area contributed by atoms with Crippen LogP contribution in [0.15, 0.2) is 17.4 Å². The Kier molecular flexibility index (Phi) is 4.52. The number of nitrogens with one attached hydrogen (secondary N) is 1.